The zero-order chi connectivity index (χ0) is 21.9. The Kier molecular flexibility index (Phi) is 8.84. The van der Waals surface area contributed by atoms with Crippen molar-refractivity contribution in [2.24, 2.45) is 0 Å². The van der Waals surface area contributed by atoms with E-state index in [-0.39, 0.29) is 58.3 Å². The van der Waals surface area contributed by atoms with Gasteiger partial charge < -0.3 is 19.6 Å². The average Bonchev–Trinajstić information content (AvgIpc) is 3.20. The predicted molar refractivity (Wildman–Crippen MR) is 96.8 cm³/mol. The summed E-state index contributed by atoms with van der Waals surface area (Å²) in [4.78, 5) is 73.9. The molecular formula is C18H21N3O9. The number of hydroxylamine groups is 2. The lowest BCUT2D eigenvalue weighted by Gasteiger charge is -2.13. The first kappa shape index (κ1) is 22.9. The van der Waals surface area contributed by atoms with Gasteiger partial charge in [0, 0.05) is 43.8 Å². The number of nitrogens with zero attached hydrogens (tertiary/aromatic N) is 2. The molecule has 2 aliphatic heterocycles. The van der Waals surface area contributed by atoms with Crippen molar-refractivity contribution in [3.8, 4) is 0 Å². The molecule has 0 fully saturated rings. The van der Waals surface area contributed by atoms with Crippen molar-refractivity contribution in [1.82, 2.24) is 15.3 Å². The van der Waals surface area contributed by atoms with Crippen LogP contribution in [0.5, 0.6) is 0 Å². The number of hydrogen-bond acceptors (Lipinski definition) is 9. The molecule has 0 atom stereocenters. The molecule has 0 aromatic carbocycles. The summed E-state index contributed by atoms with van der Waals surface area (Å²) >= 11 is 0. The van der Waals surface area contributed by atoms with E-state index in [1.54, 1.807) is 0 Å². The molecule has 12 heteroatoms. The van der Waals surface area contributed by atoms with E-state index in [0.717, 1.165) is 29.2 Å². The molecule has 2 aliphatic rings. The van der Waals surface area contributed by atoms with Crippen molar-refractivity contribution in [2.45, 2.75) is 12.8 Å². The molecule has 162 valence electrons. The summed E-state index contributed by atoms with van der Waals surface area (Å²) < 4.78 is 10.4. The molecule has 0 bridgehead atoms. The molecular weight excluding hydrogens is 402 g/mol. The molecule has 0 radical (unpaired) electrons. The fourth-order valence-electron chi connectivity index (χ4n) is 2.32. The highest BCUT2D eigenvalue weighted by Gasteiger charge is 2.27. The maximum absolute atomic E-state index is 11.7. The van der Waals surface area contributed by atoms with E-state index in [0.29, 0.717) is 5.06 Å². The molecule has 0 aromatic rings. The maximum Gasteiger partial charge on any atom is 0.335 e. The highest BCUT2D eigenvalue weighted by Crippen LogP contribution is 2.05. The molecule has 0 saturated carbocycles. The zero-order valence-electron chi connectivity index (χ0n) is 16.0. The van der Waals surface area contributed by atoms with E-state index < -0.39 is 29.6 Å². The first-order valence-corrected chi connectivity index (χ1v) is 9.11. The zero-order valence-corrected chi connectivity index (χ0v) is 16.0. The van der Waals surface area contributed by atoms with Gasteiger partial charge in [0.25, 0.3) is 23.6 Å². The molecule has 0 saturated heterocycles. The summed E-state index contributed by atoms with van der Waals surface area (Å²) in [6, 6.07) is 0. The molecule has 0 aliphatic carbocycles. The Morgan fingerprint density at radius 1 is 0.767 bits per heavy atom. The molecule has 30 heavy (non-hydrogen) atoms. The van der Waals surface area contributed by atoms with Gasteiger partial charge >= 0.3 is 5.97 Å². The minimum atomic E-state index is -0.780. The second kappa shape index (κ2) is 11.6. The van der Waals surface area contributed by atoms with Crippen molar-refractivity contribution in [3.05, 3.63) is 24.3 Å². The molecule has 0 spiro atoms. The monoisotopic (exact) mass is 423 g/mol. The minimum absolute atomic E-state index is 0.00303. The van der Waals surface area contributed by atoms with Gasteiger partial charge in [-0.2, -0.15) is 0 Å². The van der Waals surface area contributed by atoms with Crippen molar-refractivity contribution in [3.63, 3.8) is 0 Å². The third kappa shape index (κ3) is 7.22. The van der Waals surface area contributed by atoms with E-state index in [1.165, 1.54) is 0 Å². The first-order chi connectivity index (χ1) is 14.4. The van der Waals surface area contributed by atoms with Gasteiger partial charge in [-0.25, -0.2) is 4.79 Å². The maximum atomic E-state index is 11.7. The number of amides is 5. The Balaban J connectivity index is 1.40. The number of rotatable bonds is 13. The number of carbonyl (C=O) groups excluding carboxylic acids is 6. The van der Waals surface area contributed by atoms with E-state index in [9.17, 15) is 28.8 Å². The Hall–Kier alpha value is -3.38. The molecule has 1 N–H and O–H groups in total. The summed E-state index contributed by atoms with van der Waals surface area (Å²) in [5.74, 6) is -3.39. The van der Waals surface area contributed by atoms with Crippen LogP contribution in [0.25, 0.3) is 0 Å². The lowest BCUT2D eigenvalue weighted by molar-refractivity contribution is -0.196. The summed E-state index contributed by atoms with van der Waals surface area (Å²) in [6.07, 6.45) is 4.17. The third-order valence-corrected chi connectivity index (χ3v) is 3.82. The normalized spacial score (nSPS) is 15.5. The average molecular weight is 423 g/mol. The van der Waals surface area contributed by atoms with Crippen LogP contribution in [0.2, 0.25) is 0 Å². The highest BCUT2D eigenvalue weighted by molar-refractivity contribution is 6.13. The smallest absolute Gasteiger partial charge is 0.335 e. The number of nitrogens with one attached hydrogen (secondary N) is 1. The number of imide groups is 2. The number of ether oxygens (including phenoxy) is 2. The van der Waals surface area contributed by atoms with Crippen LogP contribution in [-0.2, 0) is 43.1 Å². The standard InChI is InChI=1S/C18H21N3O9/c22-13(5-8-20-14(23)1-2-15(20)24)19-7-10-29-12-11-28-9-6-18(27)30-21-16(25)3-4-17(21)26/h1-4H,5-12H2,(H,19,22). The van der Waals surface area contributed by atoms with Gasteiger partial charge in [0.2, 0.25) is 5.91 Å². The Morgan fingerprint density at radius 3 is 1.97 bits per heavy atom. The topological polar surface area (TPSA) is 149 Å². The van der Waals surface area contributed by atoms with Crippen molar-refractivity contribution >= 4 is 35.5 Å². The quantitative estimate of drug-likeness (QED) is 0.268. The van der Waals surface area contributed by atoms with Gasteiger partial charge in [-0.3, -0.25) is 28.9 Å². The first-order valence-electron chi connectivity index (χ1n) is 9.11. The fourth-order valence-corrected chi connectivity index (χ4v) is 2.32. The van der Waals surface area contributed by atoms with Crippen molar-refractivity contribution in [1.29, 1.82) is 0 Å². The van der Waals surface area contributed by atoms with Gasteiger partial charge in [0.15, 0.2) is 0 Å². The molecule has 2 heterocycles. The Morgan fingerprint density at radius 2 is 1.33 bits per heavy atom. The Labute approximate surface area is 171 Å². The van der Waals surface area contributed by atoms with Crippen molar-refractivity contribution in [2.75, 3.05) is 39.5 Å². The molecule has 5 amide bonds. The number of hydrogen-bond donors (Lipinski definition) is 1. The van der Waals surface area contributed by atoms with Crippen LogP contribution >= 0.6 is 0 Å². The van der Waals surface area contributed by atoms with Gasteiger partial charge in [-0.1, -0.05) is 5.06 Å². The van der Waals surface area contributed by atoms with Gasteiger partial charge in [0.1, 0.15) is 0 Å². The van der Waals surface area contributed by atoms with Crippen LogP contribution in [0.4, 0.5) is 0 Å². The fraction of sp³-hybridized carbons (Fsp3) is 0.444. The van der Waals surface area contributed by atoms with Crippen LogP contribution in [0.3, 0.4) is 0 Å². The van der Waals surface area contributed by atoms with Crippen LogP contribution < -0.4 is 5.32 Å². The van der Waals surface area contributed by atoms with Gasteiger partial charge in [-0.15, -0.1) is 0 Å². The Bertz CT molecular complexity index is 739. The van der Waals surface area contributed by atoms with Crippen molar-refractivity contribution < 1.29 is 43.1 Å². The lowest BCUT2D eigenvalue weighted by atomic mass is 10.3. The van der Waals surface area contributed by atoms with Crippen LogP contribution in [-0.4, -0.2) is 85.0 Å². The predicted octanol–water partition coefficient (Wildman–Crippen LogP) is -1.78. The highest BCUT2D eigenvalue weighted by atomic mass is 16.7. The second-order valence-corrected chi connectivity index (χ2v) is 6.00. The van der Waals surface area contributed by atoms with Gasteiger partial charge in [0.05, 0.1) is 32.8 Å². The van der Waals surface area contributed by atoms with Gasteiger partial charge in [-0.05, 0) is 0 Å². The third-order valence-electron chi connectivity index (χ3n) is 3.82. The van der Waals surface area contributed by atoms with Crippen LogP contribution in [0.15, 0.2) is 24.3 Å². The van der Waals surface area contributed by atoms with E-state index in [4.69, 9.17) is 9.47 Å². The van der Waals surface area contributed by atoms with E-state index >= 15 is 0 Å². The molecule has 0 unspecified atom stereocenters. The minimum Gasteiger partial charge on any atom is -0.378 e. The summed E-state index contributed by atoms with van der Waals surface area (Å²) in [5, 5.41) is 2.97. The molecule has 0 aromatic heterocycles. The summed E-state index contributed by atoms with van der Waals surface area (Å²) in [7, 11) is 0. The van der Waals surface area contributed by atoms with Crippen LogP contribution in [0, 0.1) is 0 Å². The number of carbonyl (C=O) groups is 6. The second-order valence-electron chi connectivity index (χ2n) is 6.00. The molecule has 12 nitrogen and oxygen atoms in total. The SMILES string of the molecule is O=C(CCN1C(=O)C=CC1=O)NCCOCCOCCC(=O)ON1C(=O)C=CC1=O. The molecule has 2 rings (SSSR count). The summed E-state index contributed by atoms with van der Waals surface area (Å²) in [5.41, 5.74) is 0. The van der Waals surface area contributed by atoms with Crippen LogP contribution in [0.1, 0.15) is 12.8 Å². The van der Waals surface area contributed by atoms with E-state index in [1.807, 2.05) is 0 Å². The largest absolute Gasteiger partial charge is 0.378 e. The summed E-state index contributed by atoms with van der Waals surface area (Å²) in [6.45, 7) is 0.927. The lowest BCUT2D eigenvalue weighted by Crippen LogP contribution is -2.35. The van der Waals surface area contributed by atoms with E-state index in [2.05, 4.69) is 10.2 Å².